The number of epoxide rings is 2. The molecular weight excluding hydrogens is 416 g/mol. The van der Waals surface area contributed by atoms with Crippen molar-refractivity contribution in [2.75, 3.05) is 26.4 Å². The number of hydrogen-bond acceptors (Lipinski definition) is 5. The Kier molecular flexibility index (Phi) is 4.32. The highest BCUT2D eigenvalue weighted by Crippen LogP contribution is 2.44. The molecule has 33 heavy (non-hydrogen) atoms. The third-order valence-corrected chi connectivity index (χ3v) is 6.36. The third-order valence-electron chi connectivity index (χ3n) is 6.36. The molecule has 0 spiro atoms. The molecule has 0 bridgehead atoms. The SMILES string of the molecule is c1ccc2c(c1)c1cccc(OCC3CO3)c1c1occ(-c3ccc(OCC4CO4)cc3)c21. The second-order valence-electron chi connectivity index (χ2n) is 8.63. The highest BCUT2D eigenvalue weighted by molar-refractivity contribution is 6.28. The number of ether oxygens (including phenoxy) is 4. The van der Waals surface area contributed by atoms with E-state index in [2.05, 4.69) is 42.5 Å². The van der Waals surface area contributed by atoms with Gasteiger partial charge in [-0.2, -0.15) is 0 Å². The maximum Gasteiger partial charge on any atom is 0.146 e. The van der Waals surface area contributed by atoms with Crippen LogP contribution in [0.3, 0.4) is 0 Å². The van der Waals surface area contributed by atoms with Crippen molar-refractivity contribution in [2.45, 2.75) is 12.2 Å². The molecule has 5 aromatic rings. The molecule has 2 saturated heterocycles. The van der Waals surface area contributed by atoms with Crippen LogP contribution in [0.5, 0.6) is 11.5 Å². The predicted molar refractivity (Wildman–Crippen MR) is 127 cm³/mol. The van der Waals surface area contributed by atoms with Gasteiger partial charge < -0.3 is 23.4 Å². The predicted octanol–water partition coefficient (Wildman–Crippen LogP) is 5.96. The van der Waals surface area contributed by atoms with E-state index in [1.165, 1.54) is 5.39 Å². The van der Waals surface area contributed by atoms with Crippen molar-refractivity contribution in [3.8, 4) is 22.6 Å². The summed E-state index contributed by atoms with van der Waals surface area (Å²) in [4.78, 5) is 0. The molecule has 2 fully saturated rings. The van der Waals surface area contributed by atoms with E-state index in [0.29, 0.717) is 13.2 Å². The minimum absolute atomic E-state index is 0.190. The zero-order valence-electron chi connectivity index (χ0n) is 18.0. The quantitative estimate of drug-likeness (QED) is 0.232. The molecule has 0 saturated carbocycles. The molecule has 1 aromatic heterocycles. The zero-order chi connectivity index (χ0) is 21.8. The Morgan fingerprint density at radius 2 is 1.36 bits per heavy atom. The van der Waals surface area contributed by atoms with Crippen LogP contribution in [0.1, 0.15) is 0 Å². The van der Waals surface area contributed by atoms with Gasteiger partial charge in [-0.1, -0.05) is 48.5 Å². The van der Waals surface area contributed by atoms with Crippen LogP contribution in [0.25, 0.3) is 43.6 Å². The van der Waals surface area contributed by atoms with Crippen molar-refractivity contribution in [2.24, 2.45) is 0 Å². The Morgan fingerprint density at radius 3 is 2.12 bits per heavy atom. The minimum atomic E-state index is 0.190. The number of fused-ring (bicyclic) bond motifs is 6. The molecule has 5 nitrogen and oxygen atoms in total. The van der Waals surface area contributed by atoms with Gasteiger partial charge >= 0.3 is 0 Å². The van der Waals surface area contributed by atoms with Crippen molar-refractivity contribution in [3.63, 3.8) is 0 Å². The molecule has 0 amide bonds. The molecule has 3 heterocycles. The fourth-order valence-electron chi connectivity index (χ4n) is 4.50. The Labute approximate surface area is 190 Å². The van der Waals surface area contributed by atoms with Gasteiger partial charge in [0.05, 0.1) is 24.9 Å². The smallest absolute Gasteiger partial charge is 0.146 e. The lowest BCUT2D eigenvalue weighted by Gasteiger charge is -2.12. The lowest BCUT2D eigenvalue weighted by atomic mass is 9.94. The van der Waals surface area contributed by atoms with E-state index in [0.717, 1.165) is 63.0 Å². The van der Waals surface area contributed by atoms with Crippen LogP contribution in [0, 0.1) is 0 Å². The zero-order valence-corrected chi connectivity index (χ0v) is 18.0. The summed E-state index contributed by atoms with van der Waals surface area (Å²) in [6, 6.07) is 22.8. The fraction of sp³-hybridized carbons (Fsp3) is 0.214. The van der Waals surface area contributed by atoms with E-state index in [4.69, 9.17) is 23.4 Å². The Balaban J connectivity index is 1.39. The molecule has 0 N–H and O–H groups in total. The minimum Gasteiger partial charge on any atom is -0.491 e. The molecule has 0 aliphatic carbocycles. The van der Waals surface area contributed by atoms with Gasteiger partial charge in [-0.25, -0.2) is 0 Å². The number of benzene rings is 4. The molecular formula is C28H22O5. The van der Waals surface area contributed by atoms with Crippen LogP contribution in [0.15, 0.2) is 77.4 Å². The van der Waals surface area contributed by atoms with Crippen molar-refractivity contribution in [1.82, 2.24) is 0 Å². The van der Waals surface area contributed by atoms with E-state index in [1.807, 2.05) is 30.5 Å². The van der Waals surface area contributed by atoms with E-state index in [1.54, 1.807) is 0 Å². The van der Waals surface area contributed by atoms with Gasteiger partial charge in [0.2, 0.25) is 0 Å². The van der Waals surface area contributed by atoms with Crippen LogP contribution in [0.4, 0.5) is 0 Å². The van der Waals surface area contributed by atoms with Crippen LogP contribution in [-0.4, -0.2) is 38.6 Å². The molecule has 2 aliphatic rings. The van der Waals surface area contributed by atoms with E-state index >= 15 is 0 Å². The molecule has 164 valence electrons. The summed E-state index contributed by atoms with van der Waals surface area (Å²) in [5, 5.41) is 5.57. The molecule has 2 unspecified atom stereocenters. The van der Waals surface area contributed by atoms with Crippen LogP contribution in [-0.2, 0) is 9.47 Å². The average Bonchev–Trinajstić information content (AvgIpc) is 3.80. The first-order chi connectivity index (χ1) is 16.3. The number of hydrogen-bond donors (Lipinski definition) is 0. The second-order valence-corrected chi connectivity index (χ2v) is 8.63. The third kappa shape index (κ3) is 3.41. The maximum atomic E-state index is 6.25. The summed E-state index contributed by atoms with van der Waals surface area (Å²) in [5.41, 5.74) is 2.98. The van der Waals surface area contributed by atoms with E-state index < -0.39 is 0 Å². The fourth-order valence-corrected chi connectivity index (χ4v) is 4.50. The maximum absolute atomic E-state index is 6.25. The van der Waals surface area contributed by atoms with Gasteiger partial charge in [0, 0.05) is 10.9 Å². The van der Waals surface area contributed by atoms with Crippen LogP contribution in [0.2, 0.25) is 0 Å². The highest BCUT2D eigenvalue weighted by atomic mass is 16.6. The molecule has 2 aliphatic heterocycles. The molecule has 2 atom stereocenters. The highest BCUT2D eigenvalue weighted by Gasteiger charge is 2.25. The Morgan fingerprint density at radius 1 is 0.697 bits per heavy atom. The largest absolute Gasteiger partial charge is 0.491 e. The lowest BCUT2D eigenvalue weighted by molar-refractivity contribution is 0.263. The average molecular weight is 438 g/mol. The molecule has 4 aromatic carbocycles. The van der Waals surface area contributed by atoms with Crippen molar-refractivity contribution < 1.29 is 23.4 Å². The van der Waals surface area contributed by atoms with Gasteiger partial charge in [0.25, 0.3) is 0 Å². The molecule has 0 radical (unpaired) electrons. The summed E-state index contributed by atoms with van der Waals surface area (Å²) in [7, 11) is 0. The Hall–Kier alpha value is -3.54. The summed E-state index contributed by atoms with van der Waals surface area (Å²) < 4.78 is 28.8. The monoisotopic (exact) mass is 438 g/mol. The van der Waals surface area contributed by atoms with Crippen molar-refractivity contribution in [3.05, 3.63) is 73.0 Å². The van der Waals surface area contributed by atoms with Crippen molar-refractivity contribution >= 4 is 32.5 Å². The Bertz CT molecular complexity index is 1480. The van der Waals surface area contributed by atoms with Crippen LogP contribution >= 0.6 is 0 Å². The molecule has 5 heteroatoms. The second kappa shape index (κ2) is 7.51. The topological polar surface area (TPSA) is 56.7 Å². The van der Waals surface area contributed by atoms with Gasteiger partial charge in [-0.05, 0) is 39.9 Å². The van der Waals surface area contributed by atoms with Gasteiger partial charge in [-0.3, -0.25) is 0 Å². The number of rotatable bonds is 7. The lowest BCUT2D eigenvalue weighted by Crippen LogP contribution is -2.04. The summed E-state index contributed by atoms with van der Waals surface area (Å²) in [5.74, 6) is 1.67. The summed E-state index contributed by atoms with van der Waals surface area (Å²) in [6.45, 7) is 2.70. The van der Waals surface area contributed by atoms with Gasteiger partial charge in [0.15, 0.2) is 0 Å². The van der Waals surface area contributed by atoms with Gasteiger partial charge in [0.1, 0.15) is 42.5 Å². The van der Waals surface area contributed by atoms with E-state index in [9.17, 15) is 0 Å². The standard InChI is InChI=1S/C28H22O5/c1-2-5-22-21(4-1)23-6-3-7-25(32-15-20-14-31-20)27(23)28-26(22)24(16-33-28)17-8-10-18(11-9-17)29-12-19-13-30-19/h1-11,16,19-20H,12-15H2. The number of furan rings is 1. The first-order valence-corrected chi connectivity index (χ1v) is 11.3. The summed E-state index contributed by atoms with van der Waals surface area (Å²) in [6.07, 6.45) is 2.28. The normalized spacial score (nSPS) is 19.3. The molecule has 7 rings (SSSR count). The first kappa shape index (κ1) is 19.0. The summed E-state index contributed by atoms with van der Waals surface area (Å²) >= 11 is 0. The van der Waals surface area contributed by atoms with Crippen molar-refractivity contribution in [1.29, 1.82) is 0 Å². The van der Waals surface area contributed by atoms with Crippen LogP contribution < -0.4 is 9.47 Å². The van der Waals surface area contributed by atoms with E-state index in [-0.39, 0.29) is 12.2 Å². The van der Waals surface area contributed by atoms with Gasteiger partial charge in [-0.15, -0.1) is 0 Å². The first-order valence-electron chi connectivity index (χ1n) is 11.3.